The predicted octanol–water partition coefficient (Wildman–Crippen LogP) is 2.44. The molecule has 3 rings (SSSR count). The third-order valence-corrected chi connectivity index (χ3v) is 3.91. The van der Waals surface area contributed by atoms with Crippen molar-refractivity contribution in [2.45, 2.75) is 26.0 Å². The van der Waals surface area contributed by atoms with Crippen molar-refractivity contribution < 1.29 is 9.64 Å². The van der Waals surface area contributed by atoms with E-state index in [9.17, 15) is 0 Å². The summed E-state index contributed by atoms with van der Waals surface area (Å²) in [6, 6.07) is 18.9. The van der Waals surface area contributed by atoms with Gasteiger partial charge in [-0.3, -0.25) is 0 Å². The molecule has 1 heterocycles. The van der Waals surface area contributed by atoms with E-state index in [2.05, 4.69) is 30.3 Å². The second-order valence-corrected chi connectivity index (χ2v) is 5.56. The molecule has 0 aromatic heterocycles. The molecule has 0 atom stereocenters. The van der Waals surface area contributed by atoms with E-state index in [4.69, 9.17) is 4.74 Å². The van der Waals surface area contributed by atoms with Gasteiger partial charge in [0.25, 0.3) is 0 Å². The highest BCUT2D eigenvalue weighted by Gasteiger charge is 2.15. The van der Waals surface area contributed by atoms with Crippen molar-refractivity contribution in [1.82, 2.24) is 0 Å². The van der Waals surface area contributed by atoms with E-state index in [1.807, 2.05) is 24.3 Å². The van der Waals surface area contributed by atoms with E-state index in [0.717, 1.165) is 12.3 Å². The summed E-state index contributed by atoms with van der Waals surface area (Å²) >= 11 is 0. The Hall–Kier alpha value is -1.80. The van der Waals surface area contributed by atoms with Crippen LogP contribution >= 0.6 is 0 Å². The second kappa shape index (κ2) is 6.58. The lowest BCUT2D eigenvalue weighted by atomic mass is 10.2. The molecule has 1 aliphatic heterocycles. The molecule has 0 amide bonds. The first-order valence-corrected chi connectivity index (χ1v) is 7.49. The van der Waals surface area contributed by atoms with Gasteiger partial charge in [-0.25, -0.2) is 0 Å². The molecule has 0 bridgehead atoms. The highest BCUT2D eigenvalue weighted by atomic mass is 16.5. The molecule has 1 fully saturated rings. The first-order chi connectivity index (χ1) is 9.90. The van der Waals surface area contributed by atoms with E-state index < -0.39 is 0 Å². The van der Waals surface area contributed by atoms with Crippen LogP contribution in [0.15, 0.2) is 54.6 Å². The maximum absolute atomic E-state index is 5.89. The quantitative estimate of drug-likeness (QED) is 0.879. The van der Waals surface area contributed by atoms with Crippen molar-refractivity contribution in [3.8, 4) is 5.75 Å². The number of nitrogens with one attached hydrogen (secondary N) is 1. The summed E-state index contributed by atoms with van der Waals surface area (Å²) in [5, 5.41) is 0. The maximum atomic E-state index is 5.89. The smallest absolute Gasteiger partial charge is 0.120 e. The number of ether oxygens (including phenoxy) is 1. The fraction of sp³-hybridized carbons (Fsp3) is 0.333. The number of quaternary nitrogens is 1. The van der Waals surface area contributed by atoms with Crippen molar-refractivity contribution >= 4 is 0 Å². The summed E-state index contributed by atoms with van der Waals surface area (Å²) in [7, 11) is 0. The Kier molecular flexibility index (Phi) is 4.34. The molecule has 0 saturated carbocycles. The van der Waals surface area contributed by atoms with Gasteiger partial charge in [0.15, 0.2) is 0 Å². The molecule has 2 aromatic carbocycles. The molecule has 20 heavy (non-hydrogen) atoms. The number of rotatable bonds is 5. The summed E-state index contributed by atoms with van der Waals surface area (Å²) in [4.78, 5) is 1.70. The van der Waals surface area contributed by atoms with Gasteiger partial charge in [-0.05, 0) is 17.7 Å². The molecule has 104 valence electrons. The van der Waals surface area contributed by atoms with Crippen LogP contribution in [0.2, 0.25) is 0 Å². The lowest BCUT2D eigenvalue weighted by molar-refractivity contribution is -0.901. The van der Waals surface area contributed by atoms with E-state index in [1.165, 1.54) is 37.1 Å². The summed E-state index contributed by atoms with van der Waals surface area (Å²) < 4.78 is 5.89. The minimum atomic E-state index is 0.640. The van der Waals surface area contributed by atoms with Crippen LogP contribution in [-0.4, -0.2) is 13.1 Å². The number of hydrogen-bond donors (Lipinski definition) is 1. The van der Waals surface area contributed by atoms with Gasteiger partial charge in [-0.2, -0.15) is 0 Å². The second-order valence-electron chi connectivity index (χ2n) is 5.56. The molecule has 0 radical (unpaired) electrons. The monoisotopic (exact) mass is 268 g/mol. The fourth-order valence-corrected chi connectivity index (χ4v) is 2.83. The molecular formula is C18H22NO+. The predicted molar refractivity (Wildman–Crippen MR) is 80.9 cm³/mol. The average Bonchev–Trinajstić information content (AvgIpc) is 3.00. The molecule has 1 saturated heterocycles. The van der Waals surface area contributed by atoms with Crippen LogP contribution in [0.1, 0.15) is 24.0 Å². The Balaban J connectivity index is 1.59. The number of likely N-dealkylation sites (tertiary alicyclic amines) is 1. The van der Waals surface area contributed by atoms with E-state index in [-0.39, 0.29) is 0 Å². The molecular weight excluding hydrogens is 246 g/mol. The summed E-state index contributed by atoms with van der Waals surface area (Å²) in [5.74, 6) is 0.977. The summed E-state index contributed by atoms with van der Waals surface area (Å²) in [5.41, 5.74) is 2.59. The molecule has 1 N–H and O–H groups in total. The fourth-order valence-electron chi connectivity index (χ4n) is 2.83. The minimum absolute atomic E-state index is 0.640. The van der Waals surface area contributed by atoms with Crippen molar-refractivity contribution in [2.24, 2.45) is 0 Å². The van der Waals surface area contributed by atoms with Gasteiger partial charge in [0, 0.05) is 18.4 Å². The lowest BCUT2D eigenvalue weighted by Gasteiger charge is -2.13. The van der Waals surface area contributed by atoms with E-state index in [1.54, 1.807) is 4.90 Å². The molecule has 0 unspecified atom stereocenters. The van der Waals surface area contributed by atoms with Crippen LogP contribution in [0, 0.1) is 0 Å². The van der Waals surface area contributed by atoms with Crippen LogP contribution in [0.5, 0.6) is 5.75 Å². The zero-order valence-electron chi connectivity index (χ0n) is 11.8. The number of benzene rings is 2. The lowest BCUT2D eigenvalue weighted by Crippen LogP contribution is -3.08. The van der Waals surface area contributed by atoms with Crippen LogP contribution < -0.4 is 9.64 Å². The first kappa shape index (κ1) is 13.2. The van der Waals surface area contributed by atoms with Gasteiger partial charge >= 0.3 is 0 Å². The van der Waals surface area contributed by atoms with Gasteiger partial charge in [0.1, 0.15) is 18.9 Å². The van der Waals surface area contributed by atoms with Gasteiger partial charge < -0.3 is 9.64 Å². The number of hydrogen-bond acceptors (Lipinski definition) is 1. The molecule has 2 aromatic rings. The Morgan fingerprint density at radius 1 is 0.850 bits per heavy atom. The molecule has 0 aliphatic carbocycles. The first-order valence-electron chi connectivity index (χ1n) is 7.49. The van der Waals surface area contributed by atoms with Gasteiger partial charge in [0.05, 0.1) is 13.1 Å². The van der Waals surface area contributed by atoms with Gasteiger partial charge in [0.2, 0.25) is 0 Å². The van der Waals surface area contributed by atoms with Crippen molar-refractivity contribution in [3.63, 3.8) is 0 Å². The normalized spacial score (nSPS) is 15.4. The standard InChI is InChI=1S/C18H21NO/c1-2-7-16(8-3-1)15-20-18-10-6-9-17(13-18)14-19-11-4-5-12-19/h1-3,6-10,13H,4-5,11-12,14-15H2/p+1. The third kappa shape index (κ3) is 3.61. The van der Waals surface area contributed by atoms with Gasteiger partial charge in [-0.1, -0.05) is 42.5 Å². The van der Waals surface area contributed by atoms with Crippen LogP contribution in [0.3, 0.4) is 0 Å². The Morgan fingerprint density at radius 3 is 2.40 bits per heavy atom. The Morgan fingerprint density at radius 2 is 1.60 bits per heavy atom. The summed E-state index contributed by atoms with van der Waals surface area (Å²) in [6.07, 6.45) is 2.75. The zero-order chi connectivity index (χ0) is 13.6. The SMILES string of the molecule is c1ccc(COc2cccc(C[NH+]3CCCC3)c2)cc1. The van der Waals surface area contributed by atoms with E-state index >= 15 is 0 Å². The average molecular weight is 268 g/mol. The molecule has 0 spiro atoms. The highest BCUT2D eigenvalue weighted by Crippen LogP contribution is 2.15. The third-order valence-electron chi connectivity index (χ3n) is 3.91. The maximum Gasteiger partial charge on any atom is 0.120 e. The van der Waals surface area contributed by atoms with Crippen LogP contribution in [0.25, 0.3) is 0 Å². The molecule has 1 aliphatic rings. The zero-order valence-corrected chi connectivity index (χ0v) is 11.8. The van der Waals surface area contributed by atoms with Crippen LogP contribution in [0.4, 0.5) is 0 Å². The van der Waals surface area contributed by atoms with Crippen molar-refractivity contribution in [2.75, 3.05) is 13.1 Å². The Bertz CT molecular complexity index is 532. The minimum Gasteiger partial charge on any atom is -0.489 e. The molecule has 2 heteroatoms. The van der Waals surface area contributed by atoms with Crippen LogP contribution in [-0.2, 0) is 13.2 Å². The van der Waals surface area contributed by atoms with Gasteiger partial charge in [-0.15, -0.1) is 0 Å². The van der Waals surface area contributed by atoms with Crippen molar-refractivity contribution in [3.05, 3.63) is 65.7 Å². The largest absolute Gasteiger partial charge is 0.489 e. The molecule has 2 nitrogen and oxygen atoms in total. The Labute approximate surface area is 121 Å². The highest BCUT2D eigenvalue weighted by molar-refractivity contribution is 5.28. The van der Waals surface area contributed by atoms with E-state index in [0.29, 0.717) is 6.61 Å². The summed E-state index contributed by atoms with van der Waals surface area (Å²) in [6.45, 7) is 4.40. The van der Waals surface area contributed by atoms with Crippen molar-refractivity contribution in [1.29, 1.82) is 0 Å². The topological polar surface area (TPSA) is 13.7 Å².